The zero-order valence-corrected chi connectivity index (χ0v) is 11.8. The van der Waals surface area contributed by atoms with E-state index in [9.17, 15) is 0 Å². The van der Waals surface area contributed by atoms with Gasteiger partial charge in [-0.15, -0.1) is 0 Å². The average molecular weight is 315 g/mol. The molecule has 1 N–H and O–H groups in total. The lowest BCUT2D eigenvalue weighted by atomic mass is 10.2. The summed E-state index contributed by atoms with van der Waals surface area (Å²) < 4.78 is 0.929. The minimum Gasteiger partial charge on any atom is -0.369 e. The van der Waals surface area contributed by atoms with Crippen LogP contribution in [0.3, 0.4) is 0 Å². The number of hydrogen-bond acceptors (Lipinski definition) is 3. The molecule has 0 saturated carbocycles. The molecule has 0 amide bonds. The van der Waals surface area contributed by atoms with Crippen molar-refractivity contribution in [1.82, 2.24) is 9.97 Å². The number of aromatic nitrogens is 2. The molecule has 0 aliphatic carbocycles. The maximum Gasteiger partial charge on any atom is 0.224 e. The number of nitrogens with one attached hydrogen (secondary N) is 1. The third kappa shape index (κ3) is 2.87. The van der Waals surface area contributed by atoms with Gasteiger partial charge < -0.3 is 5.32 Å². The highest BCUT2D eigenvalue weighted by Crippen LogP contribution is 2.27. The highest BCUT2D eigenvalue weighted by Gasteiger charge is 2.08. The van der Waals surface area contributed by atoms with Gasteiger partial charge in [0, 0.05) is 16.4 Å². The molecule has 1 heterocycles. The van der Waals surface area contributed by atoms with Crippen molar-refractivity contribution in [2.45, 2.75) is 19.8 Å². The quantitative estimate of drug-likeness (QED) is 0.677. The largest absolute Gasteiger partial charge is 0.369 e. The molecule has 0 saturated heterocycles. The Kier molecular flexibility index (Phi) is 4.18. The minimum atomic E-state index is 0.267. The number of anilines is 1. The van der Waals surface area contributed by atoms with Crippen molar-refractivity contribution in [2.24, 2.45) is 0 Å². The molecule has 0 unspecified atom stereocenters. The van der Waals surface area contributed by atoms with Crippen LogP contribution in [0.1, 0.15) is 19.8 Å². The zero-order chi connectivity index (χ0) is 12.3. The lowest BCUT2D eigenvalue weighted by Crippen LogP contribution is -2.04. The highest BCUT2D eigenvalue weighted by molar-refractivity contribution is 9.10. The molecule has 5 heteroatoms. The first kappa shape index (κ1) is 12.6. The van der Waals surface area contributed by atoms with E-state index in [1.807, 2.05) is 18.2 Å². The summed E-state index contributed by atoms with van der Waals surface area (Å²) in [6.45, 7) is 3.05. The van der Waals surface area contributed by atoms with Crippen molar-refractivity contribution < 1.29 is 0 Å². The number of halogens is 2. The monoisotopic (exact) mass is 313 g/mol. The summed E-state index contributed by atoms with van der Waals surface area (Å²) in [7, 11) is 0. The van der Waals surface area contributed by atoms with Crippen molar-refractivity contribution in [2.75, 3.05) is 11.9 Å². The number of nitrogens with zero attached hydrogens (tertiary/aromatic N) is 2. The van der Waals surface area contributed by atoms with E-state index in [4.69, 9.17) is 11.6 Å². The summed E-state index contributed by atoms with van der Waals surface area (Å²) in [6, 6.07) is 5.90. The lowest BCUT2D eigenvalue weighted by Gasteiger charge is -2.09. The van der Waals surface area contributed by atoms with Gasteiger partial charge in [0.1, 0.15) is 5.82 Å². The number of fused-ring (bicyclic) bond motifs is 1. The topological polar surface area (TPSA) is 37.8 Å². The first-order chi connectivity index (χ1) is 8.22. The van der Waals surface area contributed by atoms with Crippen LogP contribution in [0.25, 0.3) is 10.9 Å². The van der Waals surface area contributed by atoms with Gasteiger partial charge in [-0.1, -0.05) is 19.4 Å². The summed E-state index contributed by atoms with van der Waals surface area (Å²) in [5.41, 5.74) is 0.839. The zero-order valence-electron chi connectivity index (χ0n) is 9.50. The molecule has 0 aliphatic heterocycles. The molecule has 2 rings (SSSR count). The Bertz CT molecular complexity index is 530. The molecule has 0 atom stereocenters. The fourth-order valence-corrected chi connectivity index (χ4v) is 2.23. The second-order valence-electron chi connectivity index (χ2n) is 3.76. The smallest absolute Gasteiger partial charge is 0.224 e. The highest BCUT2D eigenvalue weighted by atomic mass is 79.9. The van der Waals surface area contributed by atoms with Crippen LogP contribution in [0.2, 0.25) is 5.28 Å². The van der Waals surface area contributed by atoms with E-state index in [0.717, 1.165) is 40.6 Å². The van der Waals surface area contributed by atoms with Crippen LogP contribution < -0.4 is 5.32 Å². The fraction of sp³-hybridized carbons (Fsp3) is 0.333. The maximum atomic E-state index is 5.93. The Morgan fingerprint density at radius 1 is 1.35 bits per heavy atom. The molecule has 3 nitrogen and oxygen atoms in total. The van der Waals surface area contributed by atoms with E-state index in [0.29, 0.717) is 0 Å². The molecule has 0 radical (unpaired) electrons. The molecule has 0 fully saturated rings. The lowest BCUT2D eigenvalue weighted by molar-refractivity contribution is 0.831. The first-order valence-electron chi connectivity index (χ1n) is 5.58. The number of hydrogen-bond donors (Lipinski definition) is 1. The molecule has 2 aromatic rings. The Hall–Kier alpha value is -0.870. The van der Waals surface area contributed by atoms with Gasteiger partial charge in [0.05, 0.1) is 5.52 Å². The van der Waals surface area contributed by atoms with Gasteiger partial charge in [0.2, 0.25) is 5.28 Å². The normalized spacial score (nSPS) is 10.8. The van der Waals surface area contributed by atoms with Gasteiger partial charge in [0.25, 0.3) is 0 Å². The fourth-order valence-electron chi connectivity index (χ4n) is 1.61. The molecule has 0 spiro atoms. The molecule has 0 aliphatic rings. The molecular weight excluding hydrogens is 302 g/mol. The van der Waals surface area contributed by atoms with Crippen LogP contribution in [0.15, 0.2) is 22.7 Å². The van der Waals surface area contributed by atoms with E-state index < -0.39 is 0 Å². The SMILES string of the molecule is CCCCNc1nc(Cl)nc2c(Br)cccc12. The summed E-state index contributed by atoms with van der Waals surface area (Å²) in [6.07, 6.45) is 2.25. The van der Waals surface area contributed by atoms with Crippen molar-refractivity contribution in [3.8, 4) is 0 Å². The van der Waals surface area contributed by atoms with Gasteiger partial charge in [-0.25, -0.2) is 9.97 Å². The molecule has 17 heavy (non-hydrogen) atoms. The number of rotatable bonds is 4. The van der Waals surface area contributed by atoms with E-state index in [1.165, 1.54) is 0 Å². The van der Waals surface area contributed by atoms with Crippen molar-refractivity contribution >= 4 is 44.3 Å². The molecule has 1 aromatic carbocycles. The average Bonchev–Trinajstić information content (AvgIpc) is 2.31. The van der Waals surface area contributed by atoms with Crippen molar-refractivity contribution in [1.29, 1.82) is 0 Å². The Balaban J connectivity index is 2.43. The van der Waals surface area contributed by atoms with Crippen molar-refractivity contribution in [3.05, 3.63) is 28.0 Å². The predicted octanol–water partition coefficient (Wildman–Crippen LogP) is 4.26. The van der Waals surface area contributed by atoms with E-state index in [-0.39, 0.29) is 5.28 Å². The van der Waals surface area contributed by atoms with Crippen LogP contribution in [0, 0.1) is 0 Å². The summed E-state index contributed by atoms with van der Waals surface area (Å²) in [5, 5.41) is 4.55. The van der Waals surface area contributed by atoms with Crippen LogP contribution >= 0.6 is 27.5 Å². The summed E-state index contributed by atoms with van der Waals surface area (Å²) in [4.78, 5) is 8.47. The van der Waals surface area contributed by atoms with E-state index in [1.54, 1.807) is 0 Å². The second kappa shape index (κ2) is 5.65. The first-order valence-corrected chi connectivity index (χ1v) is 6.75. The number of unbranched alkanes of at least 4 members (excludes halogenated alkanes) is 1. The third-order valence-corrected chi connectivity index (χ3v) is 3.28. The van der Waals surface area contributed by atoms with Gasteiger partial charge >= 0.3 is 0 Å². The van der Waals surface area contributed by atoms with Crippen LogP contribution in [-0.4, -0.2) is 16.5 Å². The number of para-hydroxylation sites is 1. The summed E-state index contributed by atoms with van der Waals surface area (Å²) in [5.74, 6) is 0.801. The predicted molar refractivity (Wildman–Crippen MR) is 75.6 cm³/mol. The minimum absolute atomic E-state index is 0.267. The molecular formula is C12H13BrClN3. The van der Waals surface area contributed by atoms with Gasteiger partial charge in [-0.2, -0.15) is 0 Å². The van der Waals surface area contributed by atoms with E-state index in [2.05, 4.69) is 38.1 Å². The Morgan fingerprint density at radius 3 is 2.94 bits per heavy atom. The van der Waals surface area contributed by atoms with Crippen LogP contribution in [0.4, 0.5) is 5.82 Å². The maximum absolute atomic E-state index is 5.93. The van der Waals surface area contributed by atoms with Gasteiger partial charge in [0.15, 0.2) is 0 Å². The second-order valence-corrected chi connectivity index (χ2v) is 4.95. The standard InChI is InChI=1S/C12H13BrClN3/c1-2-3-7-15-11-8-5-4-6-9(13)10(8)16-12(14)17-11/h4-6H,2-3,7H2,1H3,(H,15,16,17). The molecule has 0 bridgehead atoms. The molecule has 90 valence electrons. The summed E-state index contributed by atoms with van der Waals surface area (Å²) >= 11 is 9.40. The van der Waals surface area contributed by atoms with Gasteiger partial charge in [-0.05, 0) is 46.1 Å². The Morgan fingerprint density at radius 2 is 2.18 bits per heavy atom. The van der Waals surface area contributed by atoms with Crippen LogP contribution in [-0.2, 0) is 0 Å². The van der Waals surface area contributed by atoms with Crippen molar-refractivity contribution in [3.63, 3.8) is 0 Å². The van der Waals surface area contributed by atoms with Gasteiger partial charge in [-0.3, -0.25) is 0 Å². The number of benzene rings is 1. The Labute approximate surface area is 114 Å². The van der Waals surface area contributed by atoms with E-state index >= 15 is 0 Å². The molecule has 1 aromatic heterocycles. The van der Waals surface area contributed by atoms with Crippen LogP contribution in [0.5, 0.6) is 0 Å². The third-order valence-electron chi connectivity index (χ3n) is 2.47.